The Bertz CT molecular complexity index is 248. The lowest BCUT2D eigenvalue weighted by Crippen LogP contribution is -2.45. The van der Waals surface area contributed by atoms with Crippen LogP contribution in [0, 0.1) is 5.92 Å². The van der Waals surface area contributed by atoms with Crippen LogP contribution in [0.3, 0.4) is 0 Å². The smallest absolute Gasteiger partial charge is 0.188 e. The van der Waals surface area contributed by atoms with E-state index >= 15 is 0 Å². The van der Waals surface area contributed by atoms with Crippen molar-refractivity contribution in [3.63, 3.8) is 0 Å². The monoisotopic (exact) mass is 209 g/mol. The fourth-order valence-electron chi connectivity index (χ4n) is 1.67. The molecule has 0 fully saturated rings. The number of nitrogens with one attached hydrogen (secondary N) is 1. The number of hydrogen-bond acceptors (Lipinski definition) is 1. The van der Waals surface area contributed by atoms with Crippen LogP contribution in [0.15, 0.2) is 17.1 Å². The zero-order valence-corrected chi connectivity index (χ0v) is 10.1. The molecule has 0 amide bonds. The summed E-state index contributed by atoms with van der Waals surface area (Å²) >= 11 is 0. The first-order valence-corrected chi connectivity index (χ1v) is 5.70. The highest BCUT2D eigenvalue weighted by Gasteiger charge is 2.11. The standard InChI is InChI=1S/C12H23N3/c1-12(2,3)15-11(13)14-9-10-7-5-4-6-8-10/h4-5,10H,6-9H2,1-3H3,(H3,13,14,15). The van der Waals surface area contributed by atoms with Gasteiger partial charge in [-0.1, -0.05) is 12.2 Å². The summed E-state index contributed by atoms with van der Waals surface area (Å²) in [4.78, 5) is 4.38. The maximum absolute atomic E-state index is 5.80. The van der Waals surface area contributed by atoms with Crippen LogP contribution < -0.4 is 11.1 Å². The molecule has 1 atom stereocenters. The molecule has 0 aromatic heterocycles. The van der Waals surface area contributed by atoms with Crippen LogP contribution in [0.2, 0.25) is 0 Å². The van der Waals surface area contributed by atoms with E-state index < -0.39 is 0 Å². The van der Waals surface area contributed by atoms with Gasteiger partial charge < -0.3 is 11.1 Å². The zero-order chi connectivity index (χ0) is 11.3. The second kappa shape index (κ2) is 5.19. The molecule has 1 rings (SSSR count). The van der Waals surface area contributed by atoms with Gasteiger partial charge in [-0.3, -0.25) is 4.99 Å². The van der Waals surface area contributed by atoms with Crippen molar-refractivity contribution >= 4 is 5.96 Å². The van der Waals surface area contributed by atoms with Gasteiger partial charge in [0.1, 0.15) is 0 Å². The summed E-state index contributed by atoms with van der Waals surface area (Å²) < 4.78 is 0. The van der Waals surface area contributed by atoms with E-state index in [1.54, 1.807) is 0 Å². The average Bonchev–Trinajstić information content (AvgIpc) is 2.14. The van der Waals surface area contributed by atoms with Gasteiger partial charge in [0.25, 0.3) is 0 Å². The summed E-state index contributed by atoms with van der Waals surface area (Å²) in [5, 5.41) is 3.17. The topological polar surface area (TPSA) is 50.4 Å². The van der Waals surface area contributed by atoms with Gasteiger partial charge in [-0.15, -0.1) is 0 Å². The Morgan fingerprint density at radius 1 is 1.47 bits per heavy atom. The highest BCUT2D eigenvalue weighted by molar-refractivity contribution is 5.78. The normalized spacial score (nSPS) is 22.9. The molecule has 3 N–H and O–H groups in total. The molecule has 0 spiro atoms. The third-order valence-corrected chi connectivity index (χ3v) is 2.40. The Kier molecular flexibility index (Phi) is 4.18. The molecule has 0 heterocycles. The SMILES string of the molecule is CC(C)(C)NC(N)=NCC1CC=CCC1. The van der Waals surface area contributed by atoms with Crippen molar-refractivity contribution in [1.82, 2.24) is 5.32 Å². The Morgan fingerprint density at radius 2 is 2.20 bits per heavy atom. The third-order valence-electron chi connectivity index (χ3n) is 2.40. The lowest BCUT2D eigenvalue weighted by atomic mass is 9.95. The van der Waals surface area contributed by atoms with E-state index in [-0.39, 0.29) is 5.54 Å². The number of hydrogen-bond donors (Lipinski definition) is 2. The lowest BCUT2D eigenvalue weighted by molar-refractivity contribution is 0.482. The molecule has 0 saturated carbocycles. The van der Waals surface area contributed by atoms with Gasteiger partial charge in [0, 0.05) is 12.1 Å². The van der Waals surface area contributed by atoms with Crippen LogP contribution in [0.5, 0.6) is 0 Å². The summed E-state index contributed by atoms with van der Waals surface area (Å²) in [6.45, 7) is 7.09. The zero-order valence-electron chi connectivity index (χ0n) is 10.1. The molecule has 1 unspecified atom stereocenters. The Hall–Kier alpha value is -0.990. The fourth-order valence-corrected chi connectivity index (χ4v) is 1.67. The molecule has 86 valence electrons. The summed E-state index contributed by atoms with van der Waals surface area (Å²) in [5.41, 5.74) is 5.80. The van der Waals surface area contributed by atoms with Crippen LogP contribution in [-0.2, 0) is 0 Å². The highest BCUT2D eigenvalue weighted by atomic mass is 15.1. The second-order valence-corrected chi connectivity index (χ2v) is 5.25. The molecule has 0 saturated heterocycles. The maximum atomic E-state index is 5.80. The molecule has 15 heavy (non-hydrogen) atoms. The summed E-state index contributed by atoms with van der Waals surface area (Å²) in [5.74, 6) is 1.24. The van der Waals surface area contributed by atoms with Crippen LogP contribution in [-0.4, -0.2) is 18.0 Å². The molecular formula is C12H23N3. The Labute approximate surface area is 92.8 Å². The number of aliphatic imine (C=N–C) groups is 1. The quantitative estimate of drug-likeness (QED) is 0.415. The summed E-state index contributed by atoms with van der Waals surface area (Å²) in [7, 11) is 0. The molecule has 3 nitrogen and oxygen atoms in total. The second-order valence-electron chi connectivity index (χ2n) is 5.25. The number of allylic oxidation sites excluding steroid dienone is 2. The van der Waals surface area contributed by atoms with Gasteiger partial charge in [0.15, 0.2) is 5.96 Å². The summed E-state index contributed by atoms with van der Waals surface area (Å²) in [6.07, 6.45) is 8.07. The molecule has 3 heteroatoms. The fraction of sp³-hybridized carbons (Fsp3) is 0.750. The van der Waals surface area contributed by atoms with Gasteiger partial charge >= 0.3 is 0 Å². The van der Waals surface area contributed by atoms with Crippen molar-refractivity contribution in [3.05, 3.63) is 12.2 Å². The molecule has 0 aromatic rings. The van der Waals surface area contributed by atoms with E-state index in [0.717, 1.165) is 13.0 Å². The third kappa shape index (κ3) is 5.45. The van der Waals surface area contributed by atoms with E-state index in [0.29, 0.717) is 11.9 Å². The van der Waals surface area contributed by atoms with E-state index in [1.807, 2.05) is 0 Å². The first-order chi connectivity index (χ1) is 6.97. The molecule has 0 bridgehead atoms. The predicted octanol–water partition coefficient (Wildman–Crippen LogP) is 2.05. The van der Waals surface area contributed by atoms with Crippen molar-refractivity contribution in [2.45, 2.75) is 45.6 Å². The maximum Gasteiger partial charge on any atom is 0.188 e. The van der Waals surface area contributed by atoms with Gasteiger partial charge in [-0.2, -0.15) is 0 Å². The van der Waals surface area contributed by atoms with Crippen molar-refractivity contribution in [2.24, 2.45) is 16.6 Å². The van der Waals surface area contributed by atoms with Crippen LogP contribution in [0.1, 0.15) is 40.0 Å². The van der Waals surface area contributed by atoms with Crippen LogP contribution in [0.25, 0.3) is 0 Å². The van der Waals surface area contributed by atoms with Crippen molar-refractivity contribution in [2.75, 3.05) is 6.54 Å². The number of guanidine groups is 1. The Balaban J connectivity index is 2.33. The molecule has 0 radical (unpaired) electrons. The molecular weight excluding hydrogens is 186 g/mol. The van der Waals surface area contributed by atoms with E-state index in [1.165, 1.54) is 12.8 Å². The highest BCUT2D eigenvalue weighted by Crippen LogP contribution is 2.17. The van der Waals surface area contributed by atoms with E-state index in [2.05, 4.69) is 43.2 Å². The first-order valence-electron chi connectivity index (χ1n) is 5.70. The molecule has 0 aliphatic heterocycles. The molecule has 0 aromatic carbocycles. The average molecular weight is 209 g/mol. The predicted molar refractivity (Wildman–Crippen MR) is 65.9 cm³/mol. The van der Waals surface area contributed by atoms with Crippen molar-refractivity contribution in [1.29, 1.82) is 0 Å². The van der Waals surface area contributed by atoms with E-state index in [4.69, 9.17) is 5.73 Å². The van der Waals surface area contributed by atoms with E-state index in [9.17, 15) is 0 Å². The van der Waals surface area contributed by atoms with Crippen molar-refractivity contribution in [3.8, 4) is 0 Å². The number of rotatable bonds is 2. The first kappa shape index (κ1) is 12.1. The number of nitrogens with zero attached hydrogens (tertiary/aromatic N) is 1. The van der Waals surface area contributed by atoms with Gasteiger partial charge in [-0.05, 0) is 46.0 Å². The minimum Gasteiger partial charge on any atom is -0.370 e. The summed E-state index contributed by atoms with van der Waals surface area (Å²) in [6, 6.07) is 0. The van der Waals surface area contributed by atoms with Crippen LogP contribution >= 0.6 is 0 Å². The van der Waals surface area contributed by atoms with Crippen LogP contribution in [0.4, 0.5) is 0 Å². The molecule has 1 aliphatic carbocycles. The largest absolute Gasteiger partial charge is 0.370 e. The minimum atomic E-state index is 0.0000505. The van der Waals surface area contributed by atoms with Gasteiger partial charge in [-0.25, -0.2) is 0 Å². The van der Waals surface area contributed by atoms with Crippen molar-refractivity contribution < 1.29 is 0 Å². The number of nitrogens with two attached hydrogens (primary N) is 1. The van der Waals surface area contributed by atoms with Gasteiger partial charge in [0.05, 0.1) is 0 Å². The minimum absolute atomic E-state index is 0.0000505. The lowest BCUT2D eigenvalue weighted by Gasteiger charge is -2.22. The Morgan fingerprint density at radius 3 is 2.73 bits per heavy atom. The van der Waals surface area contributed by atoms with Gasteiger partial charge in [0.2, 0.25) is 0 Å². The molecule has 1 aliphatic rings.